The van der Waals surface area contributed by atoms with Gasteiger partial charge in [0.25, 0.3) is 0 Å². The van der Waals surface area contributed by atoms with Gasteiger partial charge in [-0.15, -0.1) is 0 Å². The maximum Gasteiger partial charge on any atom is 0.184 e. The molecule has 3 rings (SSSR count). The van der Waals surface area contributed by atoms with Crippen molar-refractivity contribution in [1.29, 1.82) is 0 Å². The number of aromatic nitrogens is 1. The van der Waals surface area contributed by atoms with Crippen LogP contribution in [0, 0.1) is 20.8 Å². The van der Waals surface area contributed by atoms with E-state index < -0.39 is 0 Å². The van der Waals surface area contributed by atoms with Gasteiger partial charge < -0.3 is 5.32 Å². The lowest BCUT2D eigenvalue weighted by molar-refractivity contribution is 0.100. The fourth-order valence-corrected chi connectivity index (χ4v) is 3.67. The van der Waals surface area contributed by atoms with Gasteiger partial charge in [-0.25, -0.2) is 4.98 Å². The Morgan fingerprint density at radius 2 is 1.82 bits per heavy atom. The van der Waals surface area contributed by atoms with Gasteiger partial charge in [0.15, 0.2) is 10.9 Å². The van der Waals surface area contributed by atoms with Gasteiger partial charge in [0.05, 0.1) is 16.8 Å². The van der Waals surface area contributed by atoms with Gasteiger partial charge in [0, 0.05) is 5.56 Å². The molecule has 22 heavy (non-hydrogen) atoms. The number of anilines is 1. The normalized spacial score (nSPS) is 10.9. The molecule has 0 radical (unpaired) electrons. The van der Waals surface area contributed by atoms with E-state index in [0.29, 0.717) is 0 Å². The van der Waals surface area contributed by atoms with E-state index in [0.717, 1.165) is 32.0 Å². The quantitative estimate of drug-likeness (QED) is 0.721. The molecule has 3 nitrogen and oxygen atoms in total. The lowest BCUT2D eigenvalue weighted by atomic mass is 9.96. The first-order valence-electron chi connectivity index (χ1n) is 7.25. The van der Waals surface area contributed by atoms with E-state index in [9.17, 15) is 4.79 Å². The number of nitrogens with one attached hydrogen (secondary N) is 1. The molecule has 0 aliphatic rings. The summed E-state index contributed by atoms with van der Waals surface area (Å²) in [6.07, 6.45) is 0. The van der Waals surface area contributed by atoms with Gasteiger partial charge in [-0.2, -0.15) is 0 Å². The molecule has 0 saturated carbocycles. The summed E-state index contributed by atoms with van der Waals surface area (Å²) in [4.78, 5) is 17.0. The predicted octanol–water partition coefficient (Wildman–Crippen LogP) is 4.52. The van der Waals surface area contributed by atoms with Crippen LogP contribution >= 0.6 is 11.3 Å². The van der Waals surface area contributed by atoms with Gasteiger partial charge in [-0.3, -0.25) is 4.79 Å². The molecule has 1 heterocycles. The Kier molecular flexibility index (Phi) is 3.94. The summed E-state index contributed by atoms with van der Waals surface area (Å²) in [5, 5.41) is 3.95. The number of nitrogens with zero attached hydrogens (tertiary/aromatic N) is 1. The number of para-hydroxylation sites is 1. The lowest BCUT2D eigenvalue weighted by Gasteiger charge is -2.10. The number of thiazole rings is 1. The summed E-state index contributed by atoms with van der Waals surface area (Å²) in [5.41, 5.74) is 5.04. The van der Waals surface area contributed by atoms with Crippen LogP contribution in [0.5, 0.6) is 0 Å². The highest BCUT2D eigenvalue weighted by Gasteiger charge is 2.13. The van der Waals surface area contributed by atoms with E-state index in [2.05, 4.69) is 22.4 Å². The molecule has 0 amide bonds. The molecule has 3 aromatic rings. The van der Waals surface area contributed by atoms with Crippen molar-refractivity contribution in [3.63, 3.8) is 0 Å². The van der Waals surface area contributed by atoms with E-state index >= 15 is 0 Å². The number of benzene rings is 2. The summed E-state index contributed by atoms with van der Waals surface area (Å²) in [7, 11) is 0. The largest absolute Gasteiger partial charge is 0.354 e. The van der Waals surface area contributed by atoms with Crippen LogP contribution in [0.2, 0.25) is 0 Å². The number of carbonyl (C=O) groups excluding carboxylic acids is 1. The van der Waals surface area contributed by atoms with E-state index in [1.54, 1.807) is 11.3 Å². The van der Waals surface area contributed by atoms with Crippen molar-refractivity contribution in [3.8, 4) is 0 Å². The summed E-state index contributed by atoms with van der Waals surface area (Å²) in [6, 6.07) is 12.1. The summed E-state index contributed by atoms with van der Waals surface area (Å²) in [6.45, 7) is 6.30. The molecule has 0 atom stereocenters. The van der Waals surface area contributed by atoms with E-state index in [4.69, 9.17) is 0 Å². The van der Waals surface area contributed by atoms with Gasteiger partial charge in [-0.05, 0) is 44.0 Å². The third-order valence-electron chi connectivity index (χ3n) is 3.65. The maximum absolute atomic E-state index is 12.5. The molecule has 112 valence electrons. The van der Waals surface area contributed by atoms with Crippen molar-refractivity contribution in [2.24, 2.45) is 0 Å². The molecular formula is C18H18N2OS. The number of Topliss-reactive ketones (excluding diaryl/α,β-unsaturated/α-hetero) is 1. The Hall–Kier alpha value is -2.20. The second kappa shape index (κ2) is 5.89. The van der Waals surface area contributed by atoms with Crippen molar-refractivity contribution in [1.82, 2.24) is 4.98 Å². The zero-order valence-corrected chi connectivity index (χ0v) is 13.8. The Morgan fingerprint density at radius 3 is 2.50 bits per heavy atom. The van der Waals surface area contributed by atoms with Gasteiger partial charge in [0.1, 0.15) is 0 Å². The monoisotopic (exact) mass is 310 g/mol. The van der Waals surface area contributed by atoms with Crippen molar-refractivity contribution in [2.45, 2.75) is 20.8 Å². The molecule has 1 N–H and O–H groups in total. The topological polar surface area (TPSA) is 42.0 Å². The molecule has 0 aliphatic heterocycles. The van der Waals surface area contributed by atoms with Gasteiger partial charge in [-0.1, -0.05) is 41.2 Å². The fourth-order valence-electron chi connectivity index (χ4n) is 2.81. The van der Waals surface area contributed by atoms with Crippen LogP contribution in [-0.4, -0.2) is 17.3 Å². The smallest absolute Gasteiger partial charge is 0.184 e. The average molecular weight is 310 g/mol. The van der Waals surface area contributed by atoms with Crippen molar-refractivity contribution < 1.29 is 4.79 Å². The molecule has 1 aromatic heterocycles. The zero-order chi connectivity index (χ0) is 15.7. The molecule has 0 spiro atoms. The third-order valence-corrected chi connectivity index (χ3v) is 4.64. The summed E-state index contributed by atoms with van der Waals surface area (Å²) < 4.78 is 1.13. The van der Waals surface area contributed by atoms with Crippen LogP contribution in [0.1, 0.15) is 27.0 Å². The molecular weight excluding hydrogens is 292 g/mol. The van der Waals surface area contributed by atoms with Crippen molar-refractivity contribution >= 4 is 32.5 Å². The standard InChI is InChI=1S/C18H18N2OS/c1-11-8-12(2)17(13(3)9-11)15(21)10-19-18-20-14-6-4-5-7-16(14)22-18/h4-9H,10H2,1-3H3,(H,19,20). The van der Waals surface area contributed by atoms with Crippen LogP contribution in [0.3, 0.4) is 0 Å². The molecule has 0 saturated heterocycles. The number of fused-ring (bicyclic) bond motifs is 1. The Labute approximate surface area is 134 Å². The summed E-state index contributed by atoms with van der Waals surface area (Å²) >= 11 is 1.57. The van der Waals surface area contributed by atoms with Crippen molar-refractivity contribution in [3.05, 3.63) is 58.7 Å². The minimum Gasteiger partial charge on any atom is -0.354 e. The number of hydrogen-bond acceptors (Lipinski definition) is 4. The fraction of sp³-hybridized carbons (Fsp3) is 0.222. The summed E-state index contributed by atoms with van der Waals surface area (Å²) in [5.74, 6) is 0.106. The molecule has 4 heteroatoms. The molecule has 2 aromatic carbocycles. The van der Waals surface area contributed by atoms with E-state index in [1.165, 1.54) is 5.56 Å². The van der Waals surface area contributed by atoms with Gasteiger partial charge in [0.2, 0.25) is 0 Å². The van der Waals surface area contributed by atoms with E-state index in [-0.39, 0.29) is 12.3 Å². The molecule has 0 aliphatic carbocycles. The van der Waals surface area contributed by atoms with Gasteiger partial charge >= 0.3 is 0 Å². The molecule has 0 fully saturated rings. The number of ketones is 1. The average Bonchev–Trinajstić information content (AvgIpc) is 2.86. The number of hydrogen-bond donors (Lipinski definition) is 1. The van der Waals surface area contributed by atoms with Crippen LogP contribution in [-0.2, 0) is 0 Å². The first-order chi connectivity index (χ1) is 10.5. The Morgan fingerprint density at radius 1 is 1.14 bits per heavy atom. The van der Waals surface area contributed by atoms with Crippen LogP contribution in [0.25, 0.3) is 10.2 Å². The highest BCUT2D eigenvalue weighted by atomic mass is 32.1. The second-order valence-corrected chi connectivity index (χ2v) is 6.57. The SMILES string of the molecule is Cc1cc(C)c(C(=O)CNc2nc3ccccc3s2)c(C)c1. The number of rotatable bonds is 4. The number of aryl methyl sites for hydroxylation is 3. The predicted molar refractivity (Wildman–Crippen MR) is 93.1 cm³/mol. The second-order valence-electron chi connectivity index (χ2n) is 5.54. The van der Waals surface area contributed by atoms with Crippen LogP contribution in [0.4, 0.5) is 5.13 Å². The first kappa shape index (κ1) is 14.7. The zero-order valence-electron chi connectivity index (χ0n) is 12.9. The van der Waals surface area contributed by atoms with Crippen LogP contribution < -0.4 is 5.32 Å². The Balaban J connectivity index is 1.77. The maximum atomic E-state index is 12.5. The third kappa shape index (κ3) is 2.88. The minimum absolute atomic E-state index is 0.106. The Bertz CT molecular complexity index is 795. The molecule has 0 bridgehead atoms. The van der Waals surface area contributed by atoms with E-state index in [1.807, 2.05) is 45.0 Å². The highest BCUT2D eigenvalue weighted by Crippen LogP contribution is 2.25. The lowest BCUT2D eigenvalue weighted by Crippen LogP contribution is -2.16. The highest BCUT2D eigenvalue weighted by molar-refractivity contribution is 7.22. The first-order valence-corrected chi connectivity index (χ1v) is 8.07. The number of carbonyl (C=O) groups is 1. The van der Waals surface area contributed by atoms with Crippen LogP contribution in [0.15, 0.2) is 36.4 Å². The van der Waals surface area contributed by atoms with Crippen molar-refractivity contribution in [2.75, 3.05) is 11.9 Å². The molecule has 0 unspecified atom stereocenters. The minimum atomic E-state index is 0.106.